The number of methoxy groups -OCH3 is 1. The Labute approximate surface area is 170 Å². The number of aryl methyl sites for hydroxylation is 1. The third-order valence-corrected chi connectivity index (χ3v) is 4.44. The monoisotopic (exact) mass is 406 g/mol. The number of imidazole rings is 1. The number of carbonyl (C=O) groups excluding carboxylic acids is 1. The molecule has 0 radical (unpaired) electrons. The van der Waals surface area contributed by atoms with Gasteiger partial charge in [0.2, 0.25) is 5.82 Å². The van der Waals surface area contributed by atoms with Crippen LogP contribution in [0.4, 0.5) is 0 Å². The minimum absolute atomic E-state index is 0.159. The maximum Gasteiger partial charge on any atom is 0.338 e. The summed E-state index contributed by atoms with van der Waals surface area (Å²) in [5, 5.41) is 3.90. The molecule has 152 valence electrons. The van der Waals surface area contributed by atoms with Crippen molar-refractivity contribution in [2.24, 2.45) is 0 Å². The summed E-state index contributed by atoms with van der Waals surface area (Å²) in [5.41, 5.74) is 2.23. The van der Waals surface area contributed by atoms with E-state index in [9.17, 15) is 9.59 Å². The fourth-order valence-corrected chi connectivity index (χ4v) is 2.93. The number of H-pyrrole nitrogens is 1. The average molecular weight is 406 g/mol. The Balaban J connectivity index is 1.41. The summed E-state index contributed by atoms with van der Waals surface area (Å²) in [6.07, 6.45) is 1.62. The number of ether oxygens (including phenoxy) is 2. The van der Waals surface area contributed by atoms with Gasteiger partial charge in [0.25, 0.3) is 5.89 Å². The summed E-state index contributed by atoms with van der Waals surface area (Å²) in [5.74, 6) is 0.676. The Morgan fingerprint density at radius 1 is 1.20 bits per heavy atom. The van der Waals surface area contributed by atoms with Gasteiger partial charge in [-0.25, -0.2) is 9.59 Å². The van der Waals surface area contributed by atoms with Gasteiger partial charge in [-0.05, 0) is 43.3 Å². The molecule has 0 aliphatic rings. The summed E-state index contributed by atoms with van der Waals surface area (Å²) in [6, 6.07) is 13.8. The van der Waals surface area contributed by atoms with E-state index in [1.165, 1.54) is 4.57 Å². The summed E-state index contributed by atoms with van der Waals surface area (Å²) in [6.45, 7) is 1.65. The summed E-state index contributed by atoms with van der Waals surface area (Å²) in [4.78, 5) is 31.0. The first-order valence-corrected chi connectivity index (χ1v) is 9.07. The van der Waals surface area contributed by atoms with Crippen molar-refractivity contribution in [3.05, 3.63) is 82.4 Å². The molecule has 0 aliphatic carbocycles. The van der Waals surface area contributed by atoms with E-state index < -0.39 is 5.97 Å². The van der Waals surface area contributed by atoms with E-state index in [1.54, 1.807) is 43.6 Å². The van der Waals surface area contributed by atoms with Crippen LogP contribution in [0.3, 0.4) is 0 Å². The van der Waals surface area contributed by atoms with Crippen molar-refractivity contribution in [2.45, 2.75) is 13.5 Å². The highest BCUT2D eigenvalue weighted by Crippen LogP contribution is 2.21. The van der Waals surface area contributed by atoms with Crippen molar-refractivity contribution in [3.8, 4) is 22.8 Å². The third kappa shape index (κ3) is 3.86. The van der Waals surface area contributed by atoms with Crippen molar-refractivity contribution in [3.63, 3.8) is 0 Å². The van der Waals surface area contributed by atoms with E-state index in [1.807, 2.05) is 25.1 Å². The minimum Gasteiger partial charge on any atom is -0.497 e. The highest BCUT2D eigenvalue weighted by atomic mass is 16.6. The van der Waals surface area contributed by atoms with Crippen molar-refractivity contribution in [2.75, 3.05) is 7.11 Å². The normalized spacial score (nSPS) is 10.7. The minimum atomic E-state index is -0.541. The largest absolute Gasteiger partial charge is 0.497 e. The van der Waals surface area contributed by atoms with E-state index in [4.69, 9.17) is 14.0 Å². The topological polar surface area (TPSA) is 112 Å². The second-order valence-electron chi connectivity index (χ2n) is 6.44. The quantitative estimate of drug-likeness (QED) is 0.490. The smallest absolute Gasteiger partial charge is 0.338 e. The molecule has 2 heterocycles. The molecule has 0 aliphatic heterocycles. The van der Waals surface area contributed by atoms with Gasteiger partial charge in [-0.1, -0.05) is 17.3 Å². The maximum absolute atomic E-state index is 12.3. The van der Waals surface area contributed by atoms with Crippen LogP contribution in [0.15, 0.2) is 64.0 Å². The van der Waals surface area contributed by atoms with Crippen LogP contribution in [0.25, 0.3) is 17.1 Å². The molecule has 0 amide bonds. The number of aromatic nitrogens is 4. The molecule has 0 spiro atoms. The molecule has 4 rings (SSSR count). The van der Waals surface area contributed by atoms with Crippen LogP contribution in [0.2, 0.25) is 0 Å². The Bertz CT molecular complexity index is 1240. The molecule has 0 saturated heterocycles. The number of carbonyl (C=O) groups is 1. The van der Waals surface area contributed by atoms with Gasteiger partial charge in [-0.3, -0.25) is 4.57 Å². The standard InChI is InChI=1S/C21H18N4O5/c1-13-11-22-21(27)25(13)16-8-6-14(7-9-16)20(26)29-12-18-23-19(24-30-18)15-4-3-5-17(10-15)28-2/h3-11H,12H2,1-2H3,(H,22,27). The lowest BCUT2D eigenvalue weighted by Crippen LogP contribution is -2.16. The van der Waals surface area contributed by atoms with Crippen LogP contribution < -0.4 is 10.4 Å². The number of esters is 1. The molecule has 0 unspecified atom stereocenters. The molecule has 2 aromatic carbocycles. The Kier molecular flexibility index (Phi) is 5.17. The van der Waals surface area contributed by atoms with Crippen LogP contribution in [0.5, 0.6) is 5.75 Å². The molecule has 1 N–H and O–H groups in total. The van der Waals surface area contributed by atoms with E-state index in [2.05, 4.69) is 15.1 Å². The Morgan fingerprint density at radius 3 is 2.70 bits per heavy atom. The van der Waals surface area contributed by atoms with E-state index >= 15 is 0 Å². The molecule has 4 aromatic rings. The number of nitrogens with zero attached hydrogens (tertiary/aromatic N) is 3. The lowest BCUT2D eigenvalue weighted by molar-refractivity contribution is 0.0430. The summed E-state index contributed by atoms with van der Waals surface area (Å²) in [7, 11) is 1.57. The molecule has 0 saturated carbocycles. The van der Waals surface area contributed by atoms with Crippen molar-refractivity contribution in [1.82, 2.24) is 19.7 Å². The molecular formula is C21H18N4O5. The van der Waals surface area contributed by atoms with E-state index in [0.29, 0.717) is 22.8 Å². The molecule has 0 fully saturated rings. The Morgan fingerprint density at radius 2 is 2.00 bits per heavy atom. The average Bonchev–Trinajstić information content (AvgIpc) is 3.38. The van der Waals surface area contributed by atoms with Gasteiger partial charge in [0.15, 0.2) is 6.61 Å². The van der Waals surface area contributed by atoms with Gasteiger partial charge >= 0.3 is 11.7 Å². The number of rotatable bonds is 6. The van der Waals surface area contributed by atoms with Crippen molar-refractivity contribution < 1.29 is 18.8 Å². The zero-order chi connectivity index (χ0) is 21.1. The van der Waals surface area contributed by atoms with E-state index in [0.717, 1.165) is 11.3 Å². The van der Waals surface area contributed by atoms with Crippen LogP contribution in [-0.2, 0) is 11.3 Å². The van der Waals surface area contributed by atoms with Gasteiger partial charge in [-0.2, -0.15) is 4.98 Å². The lowest BCUT2D eigenvalue weighted by atomic mass is 10.2. The summed E-state index contributed by atoms with van der Waals surface area (Å²) < 4.78 is 17.1. The SMILES string of the molecule is COc1cccc(-c2noc(COC(=O)c3ccc(-n4c(C)c[nH]c4=O)cc3)n2)c1. The molecule has 2 aromatic heterocycles. The van der Waals surface area contributed by atoms with Crippen molar-refractivity contribution in [1.29, 1.82) is 0 Å². The fraction of sp³-hybridized carbons (Fsp3) is 0.143. The zero-order valence-corrected chi connectivity index (χ0v) is 16.3. The summed E-state index contributed by atoms with van der Waals surface area (Å²) >= 11 is 0. The van der Waals surface area contributed by atoms with Crippen LogP contribution in [-0.4, -0.2) is 32.8 Å². The lowest BCUT2D eigenvalue weighted by Gasteiger charge is -2.06. The number of benzene rings is 2. The van der Waals surface area contributed by atoms with Gasteiger partial charge in [0, 0.05) is 17.5 Å². The fourth-order valence-electron chi connectivity index (χ4n) is 2.93. The first-order chi connectivity index (χ1) is 14.5. The number of aromatic amines is 1. The van der Waals surface area contributed by atoms with Gasteiger partial charge in [0.05, 0.1) is 18.4 Å². The zero-order valence-electron chi connectivity index (χ0n) is 16.3. The first kappa shape index (κ1) is 19.2. The number of nitrogens with one attached hydrogen (secondary N) is 1. The molecular weight excluding hydrogens is 388 g/mol. The van der Waals surface area contributed by atoms with Crippen LogP contribution in [0.1, 0.15) is 21.9 Å². The molecule has 30 heavy (non-hydrogen) atoms. The Hall–Kier alpha value is -4.14. The third-order valence-electron chi connectivity index (χ3n) is 4.44. The predicted octanol–water partition coefficient (Wildman–Crippen LogP) is 2.89. The van der Waals surface area contributed by atoms with Crippen LogP contribution >= 0.6 is 0 Å². The van der Waals surface area contributed by atoms with Gasteiger partial charge < -0.3 is 19.0 Å². The number of hydrogen-bond acceptors (Lipinski definition) is 7. The first-order valence-electron chi connectivity index (χ1n) is 9.07. The maximum atomic E-state index is 12.3. The highest BCUT2D eigenvalue weighted by molar-refractivity contribution is 5.89. The van der Waals surface area contributed by atoms with Gasteiger partial charge in [0.1, 0.15) is 5.75 Å². The molecule has 0 atom stereocenters. The van der Waals surface area contributed by atoms with E-state index in [-0.39, 0.29) is 18.2 Å². The second-order valence-corrected chi connectivity index (χ2v) is 6.44. The molecule has 9 heteroatoms. The van der Waals surface area contributed by atoms with Crippen LogP contribution in [0, 0.1) is 6.92 Å². The molecule has 9 nitrogen and oxygen atoms in total. The highest BCUT2D eigenvalue weighted by Gasteiger charge is 2.14. The second kappa shape index (κ2) is 8.08. The number of hydrogen-bond donors (Lipinski definition) is 1. The predicted molar refractivity (Wildman–Crippen MR) is 107 cm³/mol. The van der Waals surface area contributed by atoms with Crippen molar-refractivity contribution >= 4 is 5.97 Å². The molecule has 0 bridgehead atoms. The van der Waals surface area contributed by atoms with Gasteiger partial charge in [-0.15, -0.1) is 0 Å².